The van der Waals surface area contributed by atoms with Crippen molar-refractivity contribution in [1.29, 1.82) is 0 Å². The smallest absolute Gasteiger partial charge is 0.350 e. The molecule has 0 atom stereocenters. The zero-order chi connectivity index (χ0) is 11.7. The Morgan fingerprint density at radius 1 is 1.53 bits per heavy atom. The standard InChI is InChI=1S/C11H12N4OS/c1-16-7-2-3-8-9(6-7)17-11(14-8)15-10-12-4-5-13-10/h2-3,6H,4-5H2,1H3,(H2,12,13,14,15)/p+1. The zero-order valence-electron chi connectivity index (χ0n) is 9.41. The van der Waals surface area contributed by atoms with Gasteiger partial charge in [0, 0.05) is 0 Å². The second kappa shape index (κ2) is 4.21. The van der Waals surface area contributed by atoms with E-state index >= 15 is 0 Å². The first kappa shape index (κ1) is 10.3. The van der Waals surface area contributed by atoms with Crippen LogP contribution in [0.4, 0.5) is 5.13 Å². The van der Waals surface area contributed by atoms with Crippen molar-refractivity contribution < 1.29 is 9.73 Å². The summed E-state index contributed by atoms with van der Waals surface area (Å²) in [5, 5.41) is 7.32. The molecular formula is C11H13N4OS+. The summed E-state index contributed by atoms with van der Waals surface area (Å²) in [6, 6.07) is 5.89. The maximum Gasteiger partial charge on any atom is 0.350 e. The molecule has 1 aromatic heterocycles. The molecule has 0 saturated carbocycles. The number of rotatable bonds is 2. The number of benzene rings is 1. The molecule has 1 aromatic carbocycles. The molecule has 0 saturated heterocycles. The van der Waals surface area contributed by atoms with E-state index in [2.05, 4.69) is 20.6 Å². The molecule has 0 unspecified atom stereocenters. The second-order valence-corrected chi connectivity index (χ2v) is 4.74. The van der Waals surface area contributed by atoms with Gasteiger partial charge in [-0.25, -0.2) is 10.3 Å². The van der Waals surface area contributed by atoms with Crippen molar-refractivity contribution in [3.8, 4) is 5.75 Å². The molecule has 5 nitrogen and oxygen atoms in total. The number of ether oxygens (including phenoxy) is 1. The van der Waals surface area contributed by atoms with Gasteiger partial charge in [0.15, 0.2) is 0 Å². The molecule has 1 aliphatic rings. The summed E-state index contributed by atoms with van der Waals surface area (Å²) >= 11 is 1.61. The van der Waals surface area contributed by atoms with Crippen LogP contribution in [0.15, 0.2) is 18.2 Å². The molecular weight excluding hydrogens is 236 g/mol. The van der Waals surface area contributed by atoms with Gasteiger partial charge in [-0.15, -0.1) is 0 Å². The van der Waals surface area contributed by atoms with Crippen molar-refractivity contribution in [3.63, 3.8) is 0 Å². The number of hydrogen-bond acceptors (Lipinski definition) is 5. The van der Waals surface area contributed by atoms with Crippen LogP contribution in [-0.2, 0) is 0 Å². The average Bonchev–Trinajstić information content (AvgIpc) is 2.96. The molecule has 2 aromatic rings. The number of fused-ring (bicyclic) bond motifs is 1. The van der Waals surface area contributed by atoms with Crippen LogP contribution < -0.4 is 20.4 Å². The quantitative estimate of drug-likeness (QED) is 0.687. The van der Waals surface area contributed by atoms with E-state index in [1.807, 2.05) is 18.2 Å². The maximum atomic E-state index is 5.19. The SMILES string of the molecule is COc1ccc2nc(NC3=[NH+]CCN3)sc2c1. The molecule has 0 bridgehead atoms. The van der Waals surface area contributed by atoms with Gasteiger partial charge in [-0.2, -0.15) is 0 Å². The summed E-state index contributed by atoms with van der Waals surface area (Å²) in [6.45, 7) is 1.89. The summed E-state index contributed by atoms with van der Waals surface area (Å²) in [7, 11) is 1.67. The van der Waals surface area contributed by atoms with Crippen molar-refractivity contribution in [2.24, 2.45) is 0 Å². The van der Waals surface area contributed by atoms with E-state index in [-0.39, 0.29) is 0 Å². The fourth-order valence-corrected chi connectivity index (χ4v) is 2.62. The fourth-order valence-electron chi connectivity index (χ4n) is 1.72. The summed E-state index contributed by atoms with van der Waals surface area (Å²) in [5.41, 5.74) is 0.983. The third-order valence-corrected chi connectivity index (χ3v) is 3.49. The number of aromatic nitrogens is 1. The minimum Gasteiger partial charge on any atom is -0.497 e. The van der Waals surface area contributed by atoms with Crippen molar-refractivity contribution in [2.75, 3.05) is 25.5 Å². The van der Waals surface area contributed by atoms with Gasteiger partial charge < -0.3 is 4.74 Å². The van der Waals surface area contributed by atoms with Crippen molar-refractivity contribution >= 4 is 32.6 Å². The highest BCUT2D eigenvalue weighted by Gasteiger charge is 2.15. The third kappa shape index (κ3) is 2.03. The van der Waals surface area contributed by atoms with Gasteiger partial charge in [-0.05, 0) is 18.2 Å². The van der Waals surface area contributed by atoms with Gasteiger partial charge in [-0.3, -0.25) is 10.3 Å². The van der Waals surface area contributed by atoms with Gasteiger partial charge >= 0.3 is 5.96 Å². The van der Waals surface area contributed by atoms with Crippen LogP contribution in [0.3, 0.4) is 0 Å². The summed E-state index contributed by atoms with van der Waals surface area (Å²) in [6.07, 6.45) is 0. The minimum atomic E-state index is 0.859. The first-order valence-corrected chi connectivity index (χ1v) is 6.23. The topological polar surface area (TPSA) is 60.1 Å². The van der Waals surface area contributed by atoms with Crippen LogP contribution in [-0.4, -0.2) is 31.1 Å². The zero-order valence-corrected chi connectivity index (χ0v) is 10.2. The van der Waals surface area contributed by atoms with Crippen LogP contribution in [0.2, 0.25) is 0 Å². The third-order valence-electron chi connectivity index (χ3n) is 2.56. The van der Waals surface area contributed by atoms with Gasteiger partial charge in [0.05, 0.1) is 30.4 Å². The lowest BCUT2D eigenvalue weighted by molar-refractivity contribution is -0.444. The highest BCUT2D eigenvalue weighted by Crippen LogP contribution is 2.28. The van der Waals surface area contributed by atoms with Crippen molar-refractivity contribution in [1.82, 2.24) is 10.3 Å². The van der Waals surface area contributed by atoms with Crippen LogP contribution in [0, 0.1) is 0 Å². The Labute approximate surface area is 103 Å². The number of thiazole rings is 1. The van der Waals surface area contributed by atoms with Crippen LogP contribution in [0.1, 0.15) is 0 Å². The van der Waals surface area contributed by atoms with Crippen LogP contribution in [0.5, 0.6) is 5.75 Å². The van der Waals surface area contributed by atoms with Crippen LogP contribution >= 0.6 is 11.3 Å². The largest absolute Gasteiger partial charge is 0.497 e. The van der Waals surface area contributed by atoms with E-state index < -0.39 is 0 Å². The molecule has 17 heavy (non-hydrogen) atoms. The molecule has 0 spiro atoms. The van der Waals surface area contributed by atoms with Gasteiger partial charge in [-0.1, -0.05) is 11.3 Å². The lowest BCUT2D eigenvalue weighted by Gasteiger charge is -1.96. The summed E-state index contributed by atoms with van der Waals surface area (Å²) < 4.78 is 6.31. The van der Waals surface area contributed by atoms with E-state index in [1.165, 1.54) is 0 Å². The van der Waals surface area contributed by atoms with Crippen LogP contribution in [0.25, 0.3) is 10.2 Å². The monoisotopic (exact) mass is 249 g/mol. The number of nitrogens with zero attached hydrogens (tertiary/aromatic N) is 1. The second-order valence-electron chi connectivity index (χ2n) is 3.71. The molecule has 2 heterocycles. The highest BCUT2D eigenvalue weighted by molar-refractivity contribution is 7.22. The summed E-state index contributed by atoms with van der Waals surface area (Å²) in [4.78, 5) is 7.71. The predicted octanol–water partition coefficient (Wildman–Crippen LogP) is -0.243. The number of anilines is 1. The van der Waals surface area contributed by atoms with Gasteiger partial charge in [0.25, 0.3) is 5.13 Å². The van der Waals surface area contributed by atoms with E-state index in [9.17, 15) is 0 Å². The lowest BCUT2D eigenvalue weighted by Crippen LogP contribution is -2.72. The first-order chi connectivity index (χ1) is 8.35. The Hall–Kier alpha value is -1.82. The van der Waals surface area contributed by atoms with E-state index in [4.69, 9.17) is 4.74 Å². The predicted molar refractivity (Wildman–Crippen MR) is 68.6 cm³/mol. The Bertz CT molecular complexity index is 578. The lowest BCUT2D eigenvalue weighted by atomic mass is 10.3. The fraction of sp³-hybridized carbons (Fsp3) is 0.273. The number of methoxy groups -OCH3 is 1. The molecule has 0 amide bonds. The van der Waals surface area contributed by atoms with Crippen molar-refractivity contribution in [3.05, 3.63) is 18.2 Å². The molecule has 0 radical (unpaired) electrons. The Balaban J connectivity index is 1.90. The molecule has 6 heteroatoms. The number of hydrogen-bond donors (Lipinski definition) is 3. The molecule has 0 fully saturated rings. The maximum absolute atomic E-state index is 5.19. The van der Waals surface area contributed by atoms with Crippen molar-refractivity contribution in [2.45, 2.75) is 0 Å². The van der Waals surface area contributed by atoms with Gasteiger partial charge in [0.1, 0.15) is 5.75 Å². The molecule has 3 rings (SSSR count). The minimum absolute atomic E-state index is 0.859. The first-order valence-electron chi connectivity index (χ1n) is 5.41. The Morgan fingerprint density at radius 3 is 3.24 bits per heavy atom. The highest BCUT2D eigenvalue weighted by atomic mass is 32.1. The number of guanidine groups is 1. The van der Waals surface area contributed by atoms with Gasteiger partial charge in [0.2, 0.25) is 0 Å². The molecule has 0 aliphatic carbocycles. The van der Waals surface area contributed by atoms with E-state index in [0.29, 0.717) is 0 Å². The molecule has 88 valence electrons. The molecule has 1 aliphatic heterocycles. The Kier molecular flexibility index (Phi) is 2.56. The Morgan fingerprint density at radius 2 is 2.47 bits per heavy atom. The van der Waals surface area contributed by atoms with E-state index in [1.54, 1.807) is 18.4 Å². The molecule has 3 N–H and O–H groups in total. The normalized spacial score (nSPS) is 14.5. The van der Waals surface area contributed by atoms with E-state index in [0.717, 1.165) is 40.1 Å². The summed E-state index contributed by atoms with van der Waals surface area (Å²) in [5.74, 6) is 1.79. The average molecular weight is 249 g/mol. The number of nitrogens with one attached hydrogen (secondary N) is 3.